The first kappa shape index (κ1) is 34.4. The fourth-order valence-corrected chi connectivity index (χ4v) is 6.29. The maximum Gasteiger partial charge on any atom is 0.328 e. The van der Waals surface area contributed by atoms with E-state index in [-0.39, 0.29) is 37.5 Å². The molecule has 2 atom stereocenters. The molecule has 1 heterocycles. The highest BCUT2D eigenvalue weighted by atomic mass is 16.5. The number of urea groups is 2. The standard InChI is InChI=1S/C37H45N5O6/c1-24-11-9-10-14-31(24)40(4)35(46)39-29-18-17-26(20-32(29)48-5)23-41-36(47)42(34(45)37(41,2)3)28(19-25-15-16-25)22-38-30(21-33(43)44)27-12-7-6-8-13-27/h6-14,17-18,20,25,28,30,38H,15-16,19,21-23H2,1-5H3,(H,39,46)(H,43,44)/t28-,30-/m0/s1. The zero-order valence-electron chi connectivity index (χ0n) is 28.2. The van der Waals surface area contributed by atoms with Crippen molar-refractivity contribution >= 4 is 35.3 Å². The number of nitrogens with zero attached hydrogens (tertiary/aromatic N) is 3. The van der Waals surface area contributed by atoms with E-state index in [9.17, 15) is 24.3 Å². The summed E-state index contributed by atoms with van der Waals surface area (Å²) in [5, 5.41) is 15.9. The monoisotopic (exact) mass is 655 g/mol. The van der Waals surface area contributed by atoms with Gasteiger partial charge in [-0.2, -0.15) is 0 Å². The van der Waals surface area contributed by atoms with Crippen molar-refractivity contribution in [1.29, 1.82) is 0 Å². The molecule has 1 aliphatic carbocycles. The highest BCUT2D eigenvalue weighted by Crippen LogP contribution is 2.39. The van der Waals surface area contributed by atoms with Crippen LogP contribution < -0.4 is 20.3 Å². The maximum absolute atomic E-state index is 14.1. The number of carboxylic acids is 1. The van der Waals surface area contributed by atoms with Crippen LogP contribution in [-0.4, -0.2) is 71.1 Å². The smallest absolute Gasteiger partial charge is 0.328 e. The van der Waals surface area contributed by atoms with Crippen LogP contribution in [-0.2, 0) is 16.1 Å². The molecule has 254 valence electrons. The largest absolute Gasteiger partial charge is 0.495 e. The van der Waals surface area contributed by atoms with Crippen molar-refractivity contribution in [3.63, 3.8) is 0 Å². The lowest BCUT2D eigenvalue weighted by Crippen LogP contribution is -2.48. The number of anilines is 2. The first-order valence-corrected chi connectivity index (χ1v) is 16.3. The number of amides is 5. The predicted octanol–water partition coefficient (Wildman–Crippen LogP) is 6.19. The maximum atomic E-state index is 14.1. The van der Waals surface area contributed by atoms with Crippen LogP contribution in [0.3, 0.4) is 0 Å². The quantitative estimate of drug-likeness (QED) is 0.177. The first-order chi connectivity index (χ1) is 22.9. The normalized spacial score (nSPS) is 16.9. The summed E-state index contributed by atoms with van der Waals surface area (Å²) < 4.78 is 5.62. The third-order valence-electron chi connectivity index (χ3n) is 9.33. The molecule has 1 saturated carbocycles. The van der Waals surface area contributed by atoms with Gasteiger partial charge in [0, 0.05) is 31.9 Å². The second kappa shape index (κ2) is 14.5. The Hall–Kier alpha value is -4.90. The number of methoxy groups -OCH3 is 1. The van der Waals surface area contributed by atoms with Crippen molar-refractivity contribution in [3.05, 3.63) is 89.5 Å². The highest BCUT2D eigenvalue weighted by Gasteiger charge is 2.53. The average molecular weight is 656 g/mol. The van der Waals surface area contributed by atoms with E-state index in [1.165, 1.54) is 16.9 Å². The van der Waals surface area contributed by atoms with E-state index in [2.05, 4.69) is 10.6 Å². The summed E-state index contributed by atoms with van der Waals surface area (Å²) in [4.78, 5) is 57.3. The molecule has 0 bridgehead atoms. The van der Waals surface area contributed by atoms with Crippen molar-refractivity contribution < 1.29 is 29.0 Å². The highest BCUT2D eigenvalue weighted by molar-refractivity contribution is 6.07. The van der Waals surface area contributed by atoms with Gasteiger partial charge in [0.1, 0.15) is 11.3 Å². The Bertz CT molecular complexity index is 1660. The number of aryl methyl sites for hydroxylation is 1. The Labute approximate surface area is 281 Å². The third-order valence-corrected chi connectivity index (χ3v) is 9.33. The lowest BCUT2D eigenvalue weighted by Gasteiger charge is -2.29. The molecule has 5 amide bonds. The van der Waals surface area contributed by atoms with Crippen molar-refractivity contribution in [2.24, 2.45) is 5.92 Å². The van der Waals surface area contributed by atoms with Gasteiger partial charge in [-0.05, 0) is 68.0 Å². The lowest BCUT2D eigenvalue weighted by molar-refractivity contribution is -0.138. The molecule has 0 radical (unpaired) electrons. The number of nitrogens with one attached hydrogen (secondary N) is 2. The van der Waals surface area contributed by atoms with E-state index in [0.29, 0.717) is 23.8 Å². The van der Waals surface area contributed by atoms with Crippen LogP contribution in [0.4, 0.5) is 21.0 Å². The lowest BCUT2D eigenvalue weighted by atomic mass is 10.0. The molecule has 0 unspecified atom stereocenters. The Kier molecular flexibility index (Phi) is 10.4. The van der Waals surface area contributed by atoms with E-state index in [4.69, 9.17) is 4.74 Å². The molecule has 3 aromatic rings. The van der Waals surface area contributed by atoms with Gasteiger partial charge < -0.3 is 25.4 Å². The topological polar surface area (TPSA) is 132 Å². The van der Waals surface area contributed by atoms with Crippen LogP contribution in [0.5, 0.6) is 5.75 Å². The Morgan fingerprint density at radius 2 is 1.73 bits per heavy atom. The van der Waals surface area contributed by atoms with Crippen molar-refractivity contribution in [3.8, 4) is 5.75 Å². The molecule has 11 heteroatoms. The Morgan fingerprint density at radius 1 is 1.04 bits per heavy atom. The number of imide groups is 1. The molecule has 2 fully saturated rings. The molecule has 3 N–H and O–H groups in total. The van der Waals surface area contributed by atoms with Gasteiger partial charge in [0.2, 0.25) is 0 Å². The van der Waals surface area contributed by atoms with Crippen LogP contribution in [0.15, 0.2) is 72.8 Å². The zero-order valence-corrected chi connectivity index (χ0v) is 28.2. The number of para-hydroxylation sites is 1. The molecule has 0 aromatic heterocycles. The Morgan fingerprint density at radius 3 is 2.38 bits per heavy atom. The molecular weight excluding hydrogens is 610 g/mol. The Balaban J connectivity index is 1.32. The minimum atomic E-state index is -1.12. The fraction of sp³-hybridized carbons (Fsp3) is 0.405. The van der Waals surface area contributed by atoms with Crippen LogP contribution >= 0.6 is 0 Å². The van der Waals surface area contributed by atoms with Crippen LogP contribution in [0.1, 0.15) is 62.3 Å². The van der Waals surface area contributed by atoms with Gasteiger partial charge in [0.15, 0.2) is 0 Å². The number of carboxylic acid groups (broad SMARTS) is 1. The molecule has 1 saturated heterocycles. The molecule has 48 heavy (non-hydrogen) atoms. The van der Waals surface area contributed by atoms with Gasteiger partial charge in [0.25, 0.3) is 5.91 Å². The van der Waals surface area contributed by atoms with E-state index >= 15 is 0 Å². The SMILES string of the molecule is COc1cc(CN2C(=O)N([C@H](CN[C@@H](CC(=O)O)c3ccccc3)CC3CC3)C(=O)C2(C)C)ccc1NC(=O)N(C)c1ccccc1C. The summed E-state index contributed by atoms with van der Waals surface area (Å²) >= 11 is 0. The van der Waals surface area contributed by atoms with E-state index < -0.39 is 23.6 Å². The molecule has 3 aromatic carbocycles. The van der Waals surface area contributed by atoms with Crippen LogP contribution in [0, 0.1) is 12.8 Å². The van der Waals surface area contributed by atoms with Gasteiger partial charge in [0.05, 0.1) is 25.3 Å². The second-order valence-electron chi connectivity index (χ2n) is 13.2. The number of carbonyl (C=O) groups is 4. The number of ether oxygens (including phenoxy) is 1. The van der Waals surface area contributed by atoms with E-state index in [0.717, 1.165) is 35.2 Å². The van der Waals surface area contributed by atoms with E-state index in [1.807, 2.05) is 67.6 Å². The summed E-state index contributed by atoms with van der Waals surface area (Å²) in [5.41, 5.74) is 2.67. The number of carbonyl (C=O) groups excluding carboxylic acids is 3. The van der Waals surface area contributed by atoms with Crippen LogP contribution in [0.25, 0.3) is 0 Å². The average Bonchev–Trinajstić information content (AvgIpc) is 3.87. The van der Waals surface area contributed by atoms with E-state index in [1.54, 1.807) is 37.9 Å². The number of rotatable bonds is 14. The molecule has 11 nitrogen and oxygen atoms in total. The van der Waals surface area contributed by atoms with Gasteiger partial charge >= 0.3 is 18.0 Å². The zero-order chi connectivity index (χ0) is 34.6. The number of benzene rings is 3. The predicted molar refractivity (Wildman–Crippen MR) is 184 cm³/mol. The van der Waals surface area contributed by atoms with Crippen molar-refractivity contribution in [1.82, 2.24) is 15.1 Å². The fourth-order valence-electron chi connectivity index (χ4n) is 6.29. The third kappa shape index (κ3) is 7.62. The molecule has 2 aliphatic rings. The number of hydrogen-bond acceptors (Lipinski definition) is 6. The van der Waals surface area contributed by atoms with Gasteiger partial charge in [-0.15, -0.1) is 0 Å². The molecule has 0 spiro atoms. The van der Waals surface area contributed by atoms with Crippen molar-refractivity contribution in [2.45, 2.75) is 70.6 Å². The molecular formula is C37H45N5O6. The van der Waals surface area contributed by atoms with Gasteiger partial charge in [-0.1, -0.05) is 67.4 Å². The summed E-state index contributed by atoms with van der Waals surface area (Å²) in [7, 11) is 3.21. The summed E-state index contributed by atoms with van der Waals surface area (Å²) in [6.07, 6.45) is 2.61. The van der Waals surface area contributed by atoms with Gasteiger partial charge in [-0.25, -0.2) is 9.59 Å². The van der Waals surface area contributed by atoms with Gasteiger partial charge in [-0.3, -0.25) is 19.4 Å². The minimum Gasteiger partial charge on any atom is -0.495 e. The summed E-state index contributed by atoms with van der Waals surface area (Å²) in [5.74, 6) is -0.381. The summed E-state index contributed by atoms with van der Waals surface area (Å²) in [6, 6.07) is 20.6. The minimum absolute atomic E-state index is 0.125. The second-order valence-corrected chi connectivity index (χ2v) is 13.2. The molecule has 5 rings (SSSR count). The van der Waals surface area contributed by atoms with Crippen LogP contribution in [0.2, 0.25) is 0 Å². The molecule has 1 aliphatic heterocycles. The van der Waals surface area contributed by atoms with Crippen molar-refractivity contribution in [2.75, 3.05) is 30.9 Å². The number of aliphatic carboxylic acids is 1. The number of hydrogen-bond donors (Lipinski definition) is 3. The first-order valence-electron chi connectivity index (χ1n) is 16.3. The summed E-state index contributed by atoms with van der Waals surface area (Å²) in [6.45, 7) is 5.87.